The molecule has 4 nitrogen and oxygen atoms in total. The van der Waals surface area contributed by atoms with Crippen molar-refractivity contribution >= 4 is 5.91 Å². The summed E-state index contributed by atoms with van der Waals surface area (Å²) in [5, 5.41) is 12.8. The fraction of sp³-hybridized carbons (Fsp3) is 0.917. The first kappa shape index (κ1) is 13.5. The molecule has 1 fully saturated rings. The molecule has 1 amide bonds. The Morgan fingerprint density at radius 2 is 2.06 bits per heavy atom. The van der Waals surface area contributed by atoms with Crippen molar-refractivity contribution < 1.29 is 9.90 Å². The first-order chi connectivity index (χ1) is 7.59. The number of β-amino-alcohol motifs (C(OH)–C–C–N with tert-alkyl or cyclic N) is 1. The average molecular weight is 228 g/mol. The van der Waals surface area contributed by atoms with Gasteiger partial charge in [-0.1, -0.05) is 26.7 Å². The van der Waals surface area contributed by atoms with Crippen LogP contribution in [0.3, 0.4) is 0 Å². The lowest BCUT2D eigenvalue weighted by atomic mass is 9.89. The van der Waals surface area contributed by atoms with E-state index < -0.39 is 5.60 Å². The Morgan fingerprint density at radius 1 is 1.38 bits per heavy atom. The number of carbonyl (C=O) groups excluding carboxylic acids is 1. The van der Waals surface area contributed by atoms with E-state index in [1.54, 1.807) is 0 Å². The van der Waals surface area contributed by atoms with E-state index in [0.717, 1.165) is 32.2 Å². The minimum absolute atomic E-state index is 0.0759. The summed E-state index contributed by atoms with van der Waals surface area (Å²) in [4.78, 5) is 13.5. The van der Waals surface area contributed by atoms with Crippen molar-refractivity contribution in [1.29, 1.82) is 0 Å². The highest BCUT2D eigenvalue weighted by molar-refractivity contribution is 5.78. The fourth-order valence-corrected chi connectivity index (χ4v) is 2.18. The van der Waals surface area contributed by atoms with Gasteiger partial charge in [0.25, 0.3) is 0 Å². The Balaban J connectivity index is 2.09. The summed E-state index contributed by atoms with van der Waals surface area (Å²) >= 11 is 0. The van der Waals surface area contributed by atoms with E-state index in [4.69, 9.17) is 0 Å². The molecule has 1 rings (SSSR count). The highest BCUT2D eigenvalue weighted by atomic mass is 16.3. The van der Waals surface area contributed by atoms with Gasteiger partial charge in [-0.25, -0.2) is 0 Å². The molecule has 0 unspecified atom stereocenters. The highest BCUT2D eigenvalue weighted by Gasteiger charge is 2.40. The molecular weight excluding hydrogens is 204 g/mol. The number of amides is 1. The van der Waals surface area contributed by atoms with Gasteiger partial charge in [0.05, 0.1) is 12.1 Å². The van der Waals surface area contributed by atoms with Crippen LogP contribution < -0.4 is 5.32 Å². The Bertz CT molecular complexity index is 225. The second-order valence-electron chi connectivity index (χ2n) is 4.82. The number of hydrogen-bond acceptors (Lipinski definition) is 3. The zero-order chi connectivity index (χ0) is 12.0. The van der Waals surface area contributed by atoms with Crippen molar-refractivity contribution in [3.63, 3.8) is 0 Å². The molecule has 0 aromatic heterocycles. The van der Waals surface area contributed by atoms with Gasteiger partial charge in [-0.15, -0.1) is 0 Å². The summed E-state index contributed by atoms with van der Waals surface area (Å²) in [6.45, 7) is 6.65. The largest absolute Gasteiger partial charge is 0.387 e. The van der Waals surface area contributed by atoms with Crippen LogP contribution in [0.25, 0.3) is 0 Å². The van der Waals surface area contributed by atoms with Crippen LogP contribution in [-0.2, 0) is 4.79 Å². The summed E-state index contributed by atoms with van der Waals surface area (Å²) in [5.41, 5.74) is -0.529. The molecular formula is C12H24N2O2. The highest BCUT2D eigenvalue weighted by Crippen LogP contribution is 2.24. The third kappa shape index (κ3) is 4.10. The quantitative estimate of drug-likeness (QED) is 0.632. The number of rotatable bonds is 7. The van der Waals surface area contributed by atoms with Gasteiger partial charge in [0.1, 0.15) is 0 Å². The number of likely N-dealkylation sites (tertiary alicyclic amines) is 1. The fourth-order valence-electron chi connectivity index (χ4n) is 2.18. The molecule has 0 aromatic carbocycles. The zero-order valence-corrected chi connectivity index (χ0v) is 10.5. The van der Waals surface area contributed by atoms with E-state index >= 15 is 0 Å². The van der Waals surface area contributed by atoms with Crippen molar-refractivity contribution in [2.45, 2.75) is 45.1 Å². The Morgan fingerprint density at radius 3 is 2.62 bits per heavy atom. The number of unbranched alkanes of at least 4 members (excludes halogenated alkanes) is 1. The molecule has 1 aliphatic heterocycles. The van der Waals surface area contributed by atoms with E-state index in [9.17, 15) is 9.90 Å². The van der Waals surface area contributed by atoms with Crippen LogP contribution in [0.4, 0.5) is 0 Å². The van der Waals surface area contributed by atoms with Crippen molar-refractivity contribution in [2.75, 3.05) is 26.2 Å². The van der Waals surface area contributed by atoms with E-state index in [1.807, 2.05) is 4.90 Å². The van der Waals surface area contributed by atoms with Gasteiger partial charge in [0.2, 0.25) is 5.91 Å². The molecule has 4 heteroatoms. The van der Waals surface area contributed by atoms with Crippen molar-refractivity contribution in [3.8, 4) is 0 Å². The third-order valence-electron chi connectivity index (χ3n) is 2.97. The molecule has 1 heterocycles. The van der Waals surface area contributed by atoms with Crippen LogP contribution in [0.5, 0.6) is 0 Å². The number of carbonyl (C=O) groups is 1. The summed E-state index contributed by atoms with van der Waals surface area (Å²) in [6, 6.07) is 0. The summed E-state index contributed by atoms with van der Waals surface area (Å²) < 4.78 is 0. The average Bonchev–Trinajstić information content (AvgIpc) is 2.16. The third-order valence-corrected chi connectivity index (χ3v) is 2.97. The second kappa shape index (κ2) is 6.21. The van der Waals surface area contributed by atoms with Gasteiger partial charge in [0, 0.05) is 19.6 Å². The second-order valence-corrected chi connectivity index (χ2v) is 4.82. The van der Waals surface area contributed by atoms with Crippen LogP contribution in [0.15, 0.2) is 0 Å². The van der Waals surface area contributed by atoms with Crippen LogP contribution in [-0.4, -0.2) is 47.7 Å². The maximum atomic E-state index is 11.5. The van der Waals surface area contributed by atoms with E-state index in [0.29, 0.717) is 19.6 Å². The van der Waals surface area contributed by atoms with Crippen molar-refractivity contribution in [2.24, 2.45) is 0 Å². The van der Waals surface area contributed by atoms with Crippen LogP contribution in [0, 0.1) is 0 Å². The minimum atomic E-state index is -0.529. The lowest BCUT2D eigenvalue weighted by molar-refractivity contribution is -0.133. The van der Waals surface area contributed by atoms with Gasteiger partial charge in [-0.3, -0.25) is 9.69 Å². The Labute approximate surface area is 98.0 Å². The van der Waals surface area contributed by atoms with Gasteiger partial charge < -0.3 is 10.4 Å². The molecule has 0 saturated carbocycles. The minimum Gasteiger partial charge on any atom is -0.387 e. The Hall–Kier alpha value is -0.610. The lowest BCUT2D eigenvalue weighted by Crippen LogP contribution is -2.63. The molecule has 0 aromatic rings. The maximum absolute atomic E-state index is 11.5. The molecule has 0 spiro atoms. The van der Waals surface area contributed by atoms with Crippen molar-refractivity contribution in [3.05, 3.63) is 0 Å². The predicted molar refractivity (Wildman–Crippen MR) is 64.2 cm³/mol. The first-order valence-electron chi connectivity index (χ1n) is 6.31. The molecule has 2 N–H and O–H groups in total. The first-order valence-corrected chi connectivity index (χ1v) is 6.31. The zero-order valence-electron chi connectivity index (χ0n) is 10.5. The van der Waals surface area contributed by atoms with Crippen molar-refractivity contribution in [1.82, 2.24) is 10.2 Å². The monoisotopic (exact) mass is 228 g/mol. The predicted octanol–water partition coefficient (Wildman–Crippen LogP) is 0.749. The molecule has 16 heavy (non-hydrogen) atoms. The molecule has 0 aliphatic carbocycles. The molecule has 0 bridgehead atoms. The standard InChI is InChI=1S/C12H24N2O2/c1-3-5-7-13-11(15)8-14-9-12(16,10-14)6-4-2/h16H,3-10H2,1-2H3,(H,13,15). The van der Waals surface area contributed by atoms with Crippen LogP contribution in [0.2, 0.25) is 0 Å². The topological polar surface area (TPSA) is 52.6 Å². The summed E-state index contributed by atoms with van der Waals surface area (Å²) in [7, 11) is 0. The van der Waals surface area contributed by atoms with Gasteiger partial charge in [-0.05, 0) is 12.8 Å². The Kier molecular flexibility index (Phi) is 5.22. The van der Waals surface area contributed by atoms with Gasteiger partial charge >= 0.3 is 0 Å². The number of nitrogens with one attached hydrogen (secondary N) is 1. The molecule has 0 radical (unpaired) electrons. The van der Waals surface area contributed by atoms with Crippen LogP contribution in [0.1, 0.15) is 39.5 Å². The summed E-state index contributed by atoms with van der Waals surface area (Å²) in [5.74, 6) is 0.0759. The SMILES string of the molecule is CCCCNC(=O)CN1CC(O)(CCC)C1. The van der Waals surface area contributed by atoms with E-state index in [1.165, 1.54) is 0 Å². The molecule has 1 aliphatic rings. The summed E-state index contributed by atoms with van der Waals surface area (Å²) in [6.07, 6.45) is 3.96. The number of hydrogen-bond donors (Lipinski definition) is 2. The van der Waals surface area contributed by atoms with Gasteiger partial charge in [0.15, 0.2) is 0 Å². The van der Waals surface area contributed by atoms with E-state index in [-0.39, 0.29) is 5.91 Å². The van der Waals surface area contributed by atoms with Crippen LogP contribution >= 0.6 is 0 Å². The smallest absolute Gasteiger partial charge is 0.234 e. The molecule has 1 saturated heterocycles. The lowest BCUT2D eigenvalue weighted by Gasteiger charge is -2.46. The normalized spacial score (nSPS) is 19.2. The number of aliphatic hydroxyl groups is 1. The molecule has 94 valence electrons. The van der Waals surface area contributed by atoms with E-state index in [2.05, 4.69) is 19.2 Å². The van der Waals surface area contributed by atoms with Gasteiger partial charge in [-0.2, -0.15) is 0 Å². The molecule has 0 atom stereocenters. The maximum Gasteiger partial charge on any atom is 0.234 e. The number of nitrogens with zero attached hydrogens (tertiary/aromatic N) is 1.